The minimum atomic E-state index is -0.882. The molecule has 0 amide bonds. The maximum atomic E-state index is 9.92. The maximum absolute atomic E-state index is 9.92. The van der Waals surface area contributed by atoms with Crippen LogP contribution in [0.2, 0.25) is 0 Å². The number of nitrogens with zero attached hydrogens (tertiary/aromatic N) is 2. The molecular formula is C32H34N2O4. The molecule has 2 aliphatic rings. The normalized spacial score (nSPS) is 24.6. The van der Waals surface area contributed by atoms with Gasteiger partial charge in [0.25, 0.3) is 0 Å². The van der Waals surface area contributed by atoms with Crippen molar-refractivity contribution in [2.45, 2.75) is 49.7 Å². The van der Waals surface area contributed by atoms with E-state index in [1.165, 1.54) is 0 Å². The van der Waals surface area contributed by atoms with Gasteiger partial charge < -0.3 is 23.8 Å². The smallest absolute Gasteiger partial charge is 0.164 e. The van der Waals surface area contributed by atoms with Gasteiger partial charge in [0.05, 0.1) is 18.2 Å². The van der Waals surface area contributed by atoms with Gasteiger partial charge in [-0.2, -0.15) is 5.26 Å². The van der Waals surface area contributed by atoms with Crippen molar-refractivity contribution < 1.29 is 18.9 Å². The predicted molar refractivity (Wildman–Crippen MR) is 145 cm³/mol. The van der Waals surface area contributed by atoms with E-state index in [4.69, 9.17) is 18.9 Å². The fraction of sp³-hybridized carbons (Fsp3) is 0.344. The van der Waals surface area contributed by atoms with Crippen molar-refractivity contribution >= 4 is 0 Å². The Morgan fingerprint density at radius 2 is 1.34 bits per heavy atom. The monoisotopic (exact) mass is 510 g/mol. The summed E-state index contributed by atoms with van der Waals surface area (Å²) in [6.07, 6.45) is -0.0107. The first-order chi connectivity index (χ1) is 18.3. The Morgan fingerprint density at radius 1 is 0.868 bits per heavy atom. The molecule has 0 saturated carbocycles. The van der Waals surface area contributed by atoms with Crippen molar-refractivity contribution in [2.75, 3.05) is 20.7 Å². The third-order valence-electron chi connectivity index (χ3n) is 6.99. The highest BCUT2D eigenvalue weighted by Gasteiger charge is 2.56. The second kappa shape index (κ2) is 10.7. The molecule has 0 aromatic heterocycles. The summed E-state index contributed by atoms with van der Waals surface area (Å²) in [6.45, 7) is 4.02. The van der Waals surface area contributed by atoms with Crippen LogP contribution >= 0.6 is 0 Å². The average molecular weight is 511 g/mol. The first-order valence-corrected chi connectivity index (χ1v) is 12.9. The van der Waals surface area contributed by atoms with E-state index < -0.39 is 29.7 Å². The minimum Gasteiger partial charge on any atom is -0.383 e. The van der Waals surface area contributed by atoms with Crippen LogP contribution in [0.1, 0.15) is 30.5 Å². The summed E-state index contributed by atoms with van der Waals surface area (Å²) >= 11 is 0. The van der Waals surface area contributed by atoms with Crippen molar-refractivity contribution in [3.8, 4) is 6.07 Å². The number of hydrogen-bond acceptors (Lipinski definition) is 6. The lowest BCUT2D eigenvalue weighted by atomic mass is 9.80. The van der Waals surface area contributed by atoms with Crippen molar-refractivity contribution in [2.24, 2.45) is 0 Å². The predicted octanol–water partition coefficient (Wildman–Crippen LogP) is 5.25. The summed E-state index contributed by atoms with van der Waals surface area (Å²) < 4.78 is 26.1. The van der Waals surface area contributed by atoms with E-state index in [0.717, 1.165) is 16.7 Å². The first-order valence-electron chi connectivity index (χ1n) is 12.9. The van der Waals surface area contributed by atoms with Crippen LogP contribution in [0.15, 0.2) is 103 Å². The molecule has 0 aliphatic carbocycles. The Hall–Kier alpha value is -3.47. The van der Waals surface area contributed by atoms with Crippen LogP contribution in [0.3, 0.4) is 0 Å². The molecule has 0 N–H and O–H groups in total. The molecule has 2 aliphatic heterocycles. The molecule has 2 heterocycles. The summed E-state index contributed by atoms with van der Waals surface area (Å²) in [5, 5.41) is 9.92. The van der Waals surface area contributed by atoms with Gasteiger partial charge in [0, 0.05) is 20.3 Å². The molecule has 6 heteroatoms. The highest BCUT2D eigenvalue weighted by Crippen LogP contribution is 2.44. The number of hydrogen-bond donors (Lipinski definition) is 0. The van der Waals surface area contributed by atoms with Gasteiger partial charge in [-0.3, -0.25) is 0 Å². The van der Waals surface area contributed by atoms with E-state index in [-0.39, 0.29) is 12.7 Å². The molecule has 2 fully saturated rings. The summed E-state index contributed by atoms with van der Waals surface area (Å²) in [7, 11) is 3.77. The Kier molecular flexibility index (Phi) is 7.38. The summed E-state index contributed by atoms with van der Waals surface area (Å²) in [6, 6.07) is 33.0. The number of rotatable bonds is 8. The van der Waals surface area contributed by atoms with Crippen LogP contribution in [0.25, 0.3) is 0 Å². The Bertz CT molecular complexity index is 1190. The van der Waals surface area contributed by atoms with Gasteiger partial charge in [0.1, 0.15) is 30.0 Å². The Labute approximate surface area is 225 Å². The lowest BCUT2D eigenvalue weighted by Gasteiger charge is -2.37. The van der Waals surface area contributed by atoms with Crippen LogP contribution in [0.4, 0.5) is 0 Å². The molecule has 3 aromatic rings. The Balaban J connectivity index is 1.55. The number of nitriles is 1. The van der Waals surface area contributed by atoms with Crippen LogP contribution in [0, 0.1) is 11.3 Å². The van der Waals surface area contributed by atoms with E-state index in [0.29, 0.717) is 5.57 Å². The van der Waals surface area contributed by atoms with Gasteiger partial charge in [-0.05, 0) is 30.5 Å². The van der Waals surface area contributed by atoms with Crippen molar-refractivity contribution in [3.05, 3.63) is 119 Å². The lowest BCUT2D eigenvalue weighted by Crippen LogP contribution is -2.39. The second-order valence-corrected chi connectivity index (χ2v) is 10.4. The van der Waals surface area contributed by atoms with Crippen molar-refractivity contribution in [1.82, 2.24) is 4.90 Å². The zero-order valence-electron chi connectivity index (χ0n) is 22.3. The molecule has 0 spiro atoms. The average Bonchev–Trinajstić information content (AvgIpc) is 3.42. The number of benzene rings is 3. The third kappa shape index (κ3) is 4.99. The van der Waals surface area contributed by atoms with Gasteiger partial charge in [-0.1, -0.05) is 91.0 Å². The van der Waals surface area contributed by atoms with Gasteiger partial charge in [0.15, 0.2) is 5.79 Å². The van der Waals surface area contributed by atoms with Gasteiger partial charge in [-0.25, -0.2) is 0 Å². The quantitative estimate of drug-likeness (QED) is 0.305. The second-order valence-electron chi connectivity index (χ2n) is 10.4. The van der Waals surface area contributed by atoms with Crippen LogP contribution < -0.4 is 0 Å². The standard InChI is InChI=1S/C32H34N2O4/c1-31(2)37-29-27(36-28(30(29)38-31)23(20-33)21-34(3)4)22-35-32(24-14-8-5-9-15-24,25-16-10-6-11-17-25)26-18-12-7-13-19-26/h5-19,21,27-30H,22H2,1-4H3/t27-,28+,29-,30+/m1/s1. The molecule has 38 heavy (non-hydrogen) atoms. The highest BCUT2D eigenvalue weighted by molar-refractivity contribution is 5.47. The molecule has 6 nitrogen and oxygen atoms in total. The molecule has 0 unspecified atom stereocenters. The van der Waals surface area contributed by atoms with Gasteiger partial charge in [-0.15, -0.1) is 0 Å². The summed E-state index contributed by atoms with van der Waals surface area (Å²) in [4.78, 5) is 1.84. The maximum Gasteiger partial charge on any atom is 0.164 e. The lowest BCUT2D eigenvalue weighted by molar-refractivity contribution is -0.191. The number of fused-ring (bicyclic) bond motifs is 1. The Morgan fingerprint density at radius 3 is 1.79 bits per heavy atom. The van der Waals surface area contributed by atoms with Gasteiger partial charge >= 0.3 is 0 Å². The van der Waals surface area contributed by atoms with Crippen molar-refractivity contribution in [1.29, 1.82) is 5.26 Å². The molecule has 4 atom stereocenters. The number of ether oxygens (including phenoxy) is 4. The largest absolute Gasteiger partial charge is 0.383 e. The molecule has 3 aromatic carbocycles. The zero-order valence-corrected chi connectivity index (χ0v) is 22.3. The zero-order chi connectivity index (χ0) is 26.8. The minimum absolute atomic E-state index is 0.233. The molecular weight excluding hydrogens is 476 g/mol. The van der Waals surface area contributed by atoms with Crippen LogP contribution in [0.5, 0.6) is 0 Å². The van der Waals surface area contributed by atoms with Crippen LogP contribution in [-0.4, -0.2) is 55.8 Å². The summed E-state index contributed by atoms with van der Waals surface area (Å²) in [5.74, 6) is -0.788. The molecule has 5 rings (SSSR count). The van der Waals surface area contributed by atoms with Crippen LogP contribution in [-0.2, 0) is 24.5 Å². The fourth-order valence-electron chi connectivity index (χ4n) is 5.49. The van der Waals surface area contributed by atoms with E-state index >= 15 is 0 Å². The first kappa shape index (κ1) is 26.1. The van der Waals surface area contributed by atoms with E-state index in [9.17, 15) is 5.26 Å². The van der Waals surface area contributed by atoms with Crippen molar-refractivity contribution in [3.63, 3.8) is 0 Å². The molecule has 0 bridgehead atoms. The molecule has 2 saturated heterocycles. The highest BCUT2D eigenvalue weighted by atomic mass is 16.8. The molecule has 196 valence electrons. The SMILES string of the molecule is CN(C)C=C(C#N)[C@@H]1O[C@H](COC(c2ccccc2)(c2ccccc2)c2ccccc2)[C@H]2OC(C)(C)O[C@H]21. The molecule has 0 radical (unpaired) electrons. The van der Waals surface area contributed by atoms with E-state index in [1.54, 1.807) is 6.20 Å². The van der Waals surface area contributed by atoms with Gasteiger partial charge in [0.2, 0.25) is 0 Å². The third-order valence-corrected chi connectivity index (χ3v) is 6.99. The summed E-state index contributed by atoms with van der Waals surface area (Å²) in [5.41, 5.74) is 2.65. The topological polar surface area (TPSA) is 64.0 Å². The fourth-order valence-corrected chi connectivity index (χ4v) is 5.49. The van der Waals surface area contributed by atoms with E-state index in [1.807, 2.05) is 87.4 Å². The van der Waals surface area contributed by atoms with E-state index in [2.05, 4.69) is 42.5 Å².